The van der Waals surface area contributed by atoms with Crippen LogP contribution < -0.4 is 4.31 Å². The number of allylic oxidation sites excluding steroid dienone is 2. The van der Waals surface area contributed by atoms with Crippen molar-refractivity contribution in [2.45, 2.75) is 50.5 Å². The van der Waals surface area contributed by atoms with E-state index in [0.29, 0.717) is 18.3 Å². The van der Waals surface area contributed by atoms with Gasteiger partial charge in [-0.15, -0.1) is 11.3 Å². The number of benzene rings is 1. The molecule has 35 heavy (non-hydrogen) atoms. The molecule has 0 spiro atoms. The fourth-order valence-electron chi connectivity index (χ4n) is 4.60. The molecule has 1 aliphatic heterocycles. The summed E-state index contributed by atoms with van der Waals surface area (Å²) in [5.74, 6) is 0.955. The number of fused-ring (bicyclic) bond motifs is 1. The molecule has 0 N–H and O–H groups in total. The van der Waals surface area contributed by atoms with Gasteiger partial charge < -0.3 is 0 Å². The second kappa shape index (κ2) is 10.2. The molecule has 3 heterocycles. The van der Waals surface area contributed by atoms with E-state index in [0.717, 1.165) is 41.1 Å². The monoisotopic (exact) mass is 511 g/mol. The lowest BCUT2D eigenvalue weighted by Gasteiger charge is -2.20. The van der Waals surface area contributed by atoms with Crippen molar-refractivity contribution in [3.05, 3.63) is 75.9 Å². The van der Waals surface area contributed by atoms with Crippen LogP contribution in [-0.4, -0.2) is 31.5 Å². The molecule has 7 nitrogen and oxygen atoms in total. The third-order valence-corrected chi connectivity index (χ3v) is 9.15. The standard InChI is InChI=1S/C26H29N3O4S2/c1-3-32-33-16-25-28-24(17-34-25)23-15-29(35(30,31)21-7-5-4-6-8-21)26-22(23)13-20(14-27-26)19-11-9-18(2)10-12-19/h4-8,11,13-14,17-18,23H,3,9-10,12,15-16H2,1-2H3. The minimum absolute atomic E-state index is 0.212. The van der Waals surface area contributed by atoms with Crippen molar-refractivity contribution in [2.75, 3.05) is 17.5 Å². The van der Waals surface area contributed by atoms with Gasteiger partial charge in [-0.1, -0.05) is 31.2 Å². The number of sulfonamides is 1. The lowest BCUT2D eigenvalue weighted by atomic mass is 9.87. The molecule has 0 fully saturated rings. The van der Waals surface area contributed by atoms with E-state index in [1.54, 1.807) is 24.3 Å². The van der Waals surface area contributed by atoms with E-state index >= 15 is 0 Å². The number of hydrogen-bond donors (Lipinski definition) is 0. The third-order valence-electron chi connectivity index (χ3n) is 6.54. The van der Waals surface area contributed by atoms with Crippen LogP contribution in [0.15, 0.2) is 58.9 Å². The smallest absolute Gasteiger partial charge is 0.248 e. The first kappa shape index (κ1) is 24.1. The molecular formula is C26H29N3O4S2. The molecule has 3 aromatic rings. The summed E-state index contributed by atoms with van der Waals surface area (Å²) in [6.07, 6.45) is 7.33. The van der Waals surface area contributed by atoms with Crippen LogP contribution in [-0.2, 0) is 26.4 Å². The van der Waals surface area contributed by atoms with Crippen LogP contribution in [0.25, 0.3) is 5.57 Å². The number of hydrogen-bond acceptors (Lipinski definition) is 7. The van der Waals surface area contributed by atoms with E-state index in [1.165, 1.54) is 21.2 Å². The molecule has 0 radical (unpaired) electrons. The third kappa shape index (κ3) is 4.91. The number of aromatic nitrogens is 2. The molecule has 2 unspecified atom stereocenters. The van der Waals surface area contributed by atoms with Gasteiger partial charge in [0.1, 0.15) is 17.4 Å². The van der Waals surface area contributed by atoms with Crippen LogP contribution in [0, 0.1) is 5.92 Å². The van der Waals surface area contributed by atoms with Crippen molar-refractivity contribution < 1.29 is 18.2 Å². The lowest BCUT2D eigenvalue weighted by Crippen LogP contribution is -2.30. The van der Waals surface area contributed by atoms with Gasteiger partial charge >= 0.3 is 0 Å². The van der Waals surface area contributed by atoms with Crippen LogP contribution in [0.2, 0.25) is 0 Å². The Kier molecular flexibility index (Phi) is 7.02. The van der Waals surface area contributed by atoms with Crippen LogP contribution in [0.3, 0.4) is 0 Å². The van der Waals surface area contributed by atoms with Crippen molar-refractivity contribution in [1.29, 1.82) is 0 Å². The molecule has 5 rings (SSSR count). The fraction of sp³-hybridized carbons (Fsp3) is 0.385. The summed E-state index contributed by atoms with van der Waals surface area (Å²) in [6, 6.07) is 10.6. The normalized spacial score (nSPS) is 20.1. The highest BCUT2D eigenvalue weighted by atomic mass is 32.2. The summed E-state index contributed by atoms with van der Waals surface area (Å²) >= 11 is 1.48. The molecule has 2 atom stereocenters. The Hall–Kier alpha value is -2.59. The number of thiazole rings is 1. The molecule has 1 aromatic carbocycles. The van der Waals surface area contributed by atoms with Crippen LogP contribution in [0.5, 0.6) is 0 Å². The first-order chi connectivity index (χ1) is 17.0. The lowest BCUT2D eigenvalue weighted by molar-refractivity contribution is -0.300. The fourth-order valence-corrected chi connectivity index (χ4v) is 6.83. The zero-order chi connectivity index (χ0) is 24.4. The maximum atomic E-state index is 13.6. The molecule has 0 amide bonds. The molecule has 184 valence electrons. The largest absolute Gasteiger partial charge is 0.265 e. The predicted molar refractivity (Wildman–Crippen MR) is 137 cm³/mol. The Morgan fingerprint density at radius 3 is 2.77 bits per heavy atom. The summed E-state index contributed by atoms with van der Waals surface area (Å²) in [5, 5.41) is 2.76. The number of anilines is 1. The van der Waals surface area contributed by atoms with Crippen molar-refractivity contribution in [3.8, 4) is 0 Å². The van der Waals surface area contributed by atoms with Gasteiger partial charge in [-0.2, -0.15) is 0 Å². The van der Waals surface area contributed by atoms with E-state index in [-0.39, 0.29) is 24.0 Å². The molecule has 1 aliphatic carbocycles. The van der Waals surface area contributed by atoms with Crippen LogP contribution >= 0.6 is 11.3 Å². The molecule has 9 heteroatoms. The highest BCUT2D eigenvalue weighted by molar-refractivity contribution is 7.92. The topological polar surface area (TPSA) is 81.6 Å². The van der Waals surface area contributed by atoms with E-state index in [9.17, 15) is 8.42 Å². The minimum Gasteiger partial charge on any atom is -0.248 e. The molecular weight excluding hydrogens is 482 g/mol. The maximum absolute atomic E-state index is 13.6. The van der Waals surface area contributed by atoms with Crippen LogP contribution in [0.1, 0.15) is 60.9 Å². The van der Waals surface area contributed by atoms with Gasteiger partial charge in [0, 0.05) is 29.6 Å². The Morgan fingerprint density at radius 2 is 2.03 bits per heavy atom. The highest BCUT2D eigenvalue weighted by Gasteiger charge is 2.40. The summed E-state index contributed by atoms with van der Waals surface area (Å²) < 4.78 is 28.6. The minimum atomic E-state index is -3.76. The summed E-state index contributed by atoms with van der Waals surface area (Å²) in [5.41, 5.74) is 4.06. The zero-order valence-electron chi connectivity index (χ0n) is 19.9. The Morgan fingerprint density at radius 1 is 1.20 bits per heavy atom. The second-order valence-electron chi connectivity index (χ2n) is 8.98. The van der Waals surface area contributed by atoms with Gasteiger partial charge in [0.25, 0.3) is 10.0 Å². The maximum Gasteiger partial charge on any atom is 0.265 e. The van der Waals surface area contributed by atoms with E-state index in [1.807, 2.05) is 24.6 Å². The molecule has 0 bridgehead atoms. The number of rotatable bonds is 8. The van der Waals surface area contributed by atoms with Crippen molar-refractivity contribution in [1.82, 2.24) is 9.97 Å². The Labute approximate surface area is 210 Å². The van der Waals surface area contributed by atoms with Gasteiger partial charge in [0.15, 0.2) is 0 Å². The Bertz CT molecular complexity index is 1320. The SMILES string of the molecule is CCOOCc1nc(C2CN(S(=O)(=O)c3ccccc3)c3ncc(C4=CCC(C)CC4)cc32)cs1. The van der Waals surface area contributed by atoms with Gasteiger partial charge in [-0.05, 0) is 61.4 Å². The van der Waals surface area contributed by atoms with Crippen molar-refractivity contribution in [2.24, 2.45) is 5.92 Å². The van der Waals surface area contributed by atoms with E-state index in [4.69, 9.17) is 19.7 Å². The second-order valence-corrected chi connectivity index (χ2v) is 11.8. The summed E-state index contributed by atoms with van der Waals surface area (Å²) in [4.78, 5) is 19.9. The van der Waals surface area contributed by atoms with E-state index < -0.39 is 10.0 Å². The van der Waals surface area contributed by atoms with Gasteiger partial charge in [-0.25, -0.2) is 32.5 Å². The van der Waals surface area contributed by atoms with Gasteiger partial charge in [-0.3, -0.25) is 0 Å². The average molecular weight is 512 g/mol. The molecule has 0 saturated heterocycles. The highest BCUT2D eigenvalue weighted by Crippen LogP contribution is 2.43. The summed E-state index contributed by atoms with van der Waals surface area (Å²) in [6.45, 7) is 5.11. The average Bonchev–Trinajstić information content (AvgIpc) is 3.50. The predicted octanol–water partition coefficient (Wildman–Crippen LogP) is 5.55. The van der Waals surface area contributed by atoms with Crippen molar-refractivity contribution in [3.63, 3.8) is 0 Å². The Balaban J connectivity index is 1.53. The van der Waals surface area contributed by atoms with Gasteiger partial charge in [0.2, 0.25) is 0 Å². The first-order valence-corrected chi connectivity index (χ1v) is 14.2. The molecule has 0 saturated carbocycles. The van der Waals surface area contributed by atoms with Gasteiger partial charge in [0.05, 0.1) is 17.2 Å². The number of nitrogens with zero attached hydrogens (tertiary/aromatic N) is 3. The zero-order valence-corrected chi connectivity index (χ0v) is 21.5. The molecule has 2 aromatic heterocycles. The first-order valence-electron chi connectivity index (χ1n) is 11.9. The van der Waals surface area contributed by atoms with E-state index in [2.05, 4.69) is 19.1 Å². The van der Waals surface area contributed by atoms with Crippen LogP contribution in [0.4, 0.5) is 5.82 Å². The quantitative estimate of drug-likeness (QED) is 0.224. The molecule has 2 aliphatic rings. The number of pyridine rings is 1. The van der Waals surface area contributed by atoms with Crippen molar-refractivity contribution >= 4 is 32.8 Å². The summed E-state index contributed by atoms with van der Waals surface area (Å²) in [7, 11) is -3.76.